The van der Waals surface area contributed by atoms with E-state index in [0.717, 1.165) is 13.1 Å². The number of aromatic nitrogens is 1. The van der Waals surface area contributed by atoms with E-state index in [-0.39, 0.29) is 0 Å². The van der Waals surface area contributed by atoms with E-state index < -0.39 is 0 Å². The zero-order valence-electron chi connectivity index (χ0n) is 10.2. The molecule has 0 spiro atoms. The topological polar surface area (TPSA) is 28.2 Å². The lowest BCUT2D eigenvalue weighted by atomic mass is 10.2. The van der Waals surface area contributed by atoms with Crippen LogP contribution in [0.1, 0.15) is 24.0 Å². The third-order valence-electron chi connectivity index (χ3n) is 3.08. The summed E-state index contributed by atoms with van der Waals surface area (Å²) in [4.78, 5) is 6.60. The summed E-state index contributed by atoms with van der Waals surface area (Å²) in [6.07, 6.45) is 6.51. The Morgan fingerprint density at radius 1 is 1.50 bits per heavy atom. The third kappa shape index (κ3) is 3.29. The van der Waals surface area contributed by atoms with Crippen molar-refractivity contribution >= 4 is 0 Å². The van der Waals surface area contributed by atoms with Gasteiger partial charge in [0.1, 0.15) is 0 Å². The Balaban J connectivity index is 1.84. The minimum Gasteiger partial charge on any atom is -0.313 e. The highest BCUT2D eigenvalue weighted by molar-refractivity contribution is 5.16. The van der Waals surface area contributed by atoms with Crippen LogP contribution in [0, 0.1) is 6.92 Å². The van der Waals surface area contributed by atoms with Crippen LogP contribution in [0.3, 0.4) is 0 Å². The number of rotatable bonds is 4. The van der Waals surface area contributed by atoms with Gasteiger partial charge in [-0.1, -0.05) is 6.07 Å². The predicted molar refractivity (Wildman–Crippen MR) is 66.3 cm³/mol. The van der Waals surface area contributed by atoms with Crippen molar-refractivity contribution in [2.75, 3.05) is 20.1 Å². The van der Waals surface area contributed by atoms with Crippen molar-refractivity contribution in [2.45, 2.75) is 32.4 Å². The molecule has 0 radical (unpaired) electrons. The number of hydrogen-bond acceptors (Lipinski definition) is 3. The van der Waals surface area contributed by atoms with Gasteiger partial charge in [0, 0.05) is 31.5 Å². The van der Waals surface area contributed by atoms with Gasteiger partial charge >= 0.3 is 0 Å². The van der Waals surface area contributed by atoms with Gasteiger partial charge in [-0.15, -0.1) is 0 Å². The zero-order chi connectivity index (χ0) is 11.4. The second-order valence-electron chi connectivity index (χ2n) is 4.86. The lowest BCUT2D eigenvalue weighted by Crippen LogP contribution is -2.34. The molecule has 2 heterocycles. The fourth-order valence-corrected chi connectivity index (χ4v) is 2.37. The molecule has 1 saturated heterocycles. The van der Waals surface area contributed by atoms with Crippen molar-refractivity contribution in [1.29, 1.82) is 0 Å². The first-order valence-electron chi connectivity index (χ1n) is 6.06. The van der Waals surface area contributed by atoms with Crippen LogP contribution in [-0.4, -0.2) is 36.1 Å². The van der Waals surface area contributed by atoms with Crippen LogP contribution >= 0.6 is 0 Å². The summed E-state index contributed by atoms with van der Waals surface area (Å²) in [5, 5.41) is 3.53. The summed E-state index contributed by atoms with van der Waals surface area (Å²) in [7, 11) is 2.18. The molecular weight excluding hydrogens is 198 g/mol. The Morgan fingerprint density at radius 3 is 3.06 bits per heavy atom. The molecule has 16 heavy (non-hydrogen) atoms. The molecule has 3 heteroatoms. The maximum absolute atomic E-state index is 4.23. The van der Waals surface area contributed by atoms with Crippen molar-refractivity contribution in [1.82, 2.24) is 15.2 Å². The van der Waals surface area contributed by atoms with Gasteiger partial charge in [-0.2, -0.15) is 0 Å². The van der Waals surface area contributed by atoms with E-state index >= 15 is 0 Å². The van der Waals surface area contributed by atoms with Crippen molar-refractivity contribution in [3.05, 3.63) is 29.6 Å². The summed E-state index contributed by atoms with van der Waals surface area (Å²) in [5.41, 5.74) is 2.55. The largest absolute Gasteiger partial charge is 0.313 e. The van der Waals surface area contributed by atoms with Gasteiger partial charge in [0.25, 0.3) is 0 Å². The minimum atomic E-state index is 0.683. The highest BCUT2D eigenvalue weighted by atomic mass is 15.1. The van der Waals surface area contributed by atoms with Gasteiger partial charge in [0.2, 0.25) is 0 Å². The molecule has 1 unspecified atom stereocenters. The summed E-state index contributed by atoms with van der Waals surface area (Å²) < 4.78 is 0. The van der Waals surface area contributed by atoms with Gasteiger partial charge in [-0.3, -0.25) is 4.98 Å². The van der Waals surface area contributed by atoms with E-state index in [9.17, 15) is 0 Å². The number of aryl methyl sites for hydroxylation is 1. The van der Waals surface area contributed by atoms with Crippen LogP contribution in [0.4, 0.5) is 0 Å². The Bertz CT molecular complexity index is 332. The first-order chi connectivity index (χ1) is 7.74. The van der Waals surface area contributed by atoms with Crippen LogP contribution in [0.25, 0.3) is 0 Å². The molecule has 1 aromatic heterocycles. The van der Waals surface area contributed by atoms with E-state index in [4.69, 9.17) is 0 Å². The van der Waals surface area contributed by atoms with Crippen molar-refractivity contribution in [3.8, 4) is 0 Å². The number of nitrogens with one attached hydrogen (secondary N) is 1. The lowest BCUT2D eigenvalue weighted by Gasteiger charge is -2.21. The van der Waals surface area contributed by atoms with Crippen molar-refractivity contribution in [3.63, 3.8) is 0 Å². The standard InChI is InChI=1S/C13H21N3/c1-11-6-12(8-14-7-11)9-16(2)10-13-4-3-5-15-13/h6-8,13,15H,3-5,9-10H2,1-2H3. The van der Waals surface area contributed by atoms with Gasteiger partial charge in [-0.05, 0) is 44.5 Å². The fraction of sp³-hybridized carbons (Fsp3) is 0.615. The highest BCUT2D eigenvalue weighted by Crippen LogP contribution is 2.09. The first kappa shape index (κ1) is 11.6. The molecule has 1 aromatic rings. The predicted octanol–water partition coefficient (Wildman–Crippen LogP) is 1.57. The maximum Gasteiger partial charge on any atom is 0.0313 e. The van der Waals surface area contributed by atoms with E-state index in [1.165, 1.54) is 30.5 Å². The first-order valence-corrected chi connectivity index (χ1v) is 6.06. The summed E-state index contributed by atoms with van der Waals surface area (Å²) in [6.45, 7) is 5.40. The van der Waals surface area contributed by atoms with E-state index in [1.54, 1.807) is 0 Å². The minimum absolute atomic E-state index is 0.683. The molecule has 0 aromatic carbocycles. The van der Waals surface area contributed by atoms with Crippen molar-refractivity contribution < 1.29 is 0 Å². The molecule has 1 aliphatic rings. The molecule has 3 nitrogen and oxygen atoms in total. The smallest absolute Gasteiger partial charge is 0.0313 e. The van der Waals surface area contributed by atoms with Gasteiger partial charge in [0.15, 0.2) is 0 Å². The maximum atomic E-state index is 4.23. The number of likely N-dealkylation sites (N-methyl/N-ethyl adjacent to an activating group) is 1. The Labute approximate surface area is 97.9 Å². The van der Waals surface area contributed by atoms with E-state index in [1.807, 2.05) is 12.4 Å². The average molecular weight is 219 g/mol. The highest BCUT2D eigenvalue weighted by Gasteiger charge is 2.15. The quantitative estimate of drug-likeness (QED) is 0.833. The molecule has 2 rings (SSSR count). The molecule has 1 atom stereocenters. The number of nitrogens with zero attached hydrogens (tertiary/aromatic N) is 2. The van der Waals surface area contributed by atoms with E-state index in [2.05, 4.69) is 35.2 Å². The second kappa shape index (κ2) is 5.41. The molecule has 0 aliphatic carbocycles. The Hall–Kier alpha value is -0.930. The van der Waals surface area contributed by atoms with Crippen LogP contribution < -0.4 is 5.32 Å². The normalized spacial score (nSPS) is 20.6. The Kier molecular flexibility index (Phi) is 3.91. The molecule has 1 N–H and O–H groups in total. The molecule has 0 saturated carbocycles. The third-order valence-corrected chi connectivity index (χ3v) is 3.08. The lowest BCUT2D eigenvalue weighted by molar-refractivity contribution is 0.293. The average Bonchev–Trinajstić information content (AvgIpc) is 2.70. The van der Waals surface area contributed by atoms with Gasteiger partial charge in [0.05, 0.1) is 0 Å². The second-order valence-corrected chi connectivity index (χ2v) is 4.86. The number of hydrogen-bond donors (Lipinski definition) is 1. The van der Waals surface area contributed by atoms with Crippen LogP contribution in [0.2, 0.25) is 0 Å². The van der Waals surface area contributed by atoms with Gasteiger partial charge < -0.3 is 10.2 Å². The SMILES string of the molecule is Cc1cncc(CN(C)CC2CCCN2)c1. The van der Waals surface area contributed by atoms with Crippen LogP contribution in [-0.2, 0) is 6.54 Å². The molecule has 0 bridgehead atoms. The summed E-state index contributed by atoms with van der Waals surface area (Å²) in [6, 6.07) is 2.90. The molecule has 1 aliphatic heterocycles. The fourth-order valence-electron chi connectivity index (χ4n) is 2.37. The van der Waals surface area contributed by atoms with Gasteiger partial charge in [-0.25, -0.2) is 0 Å². The summed E-state index contributed by atoms with van der Waals surface area (Å²) in [5.74, 6) is 0. The van der Waals surface area contributed by atoms with Crippen LogP contribution in [0.15, 0.2) is 18.5 Å². The molecule has 0 amide bonds. The van der Waals surface area contributed by atoms with Crippen molar-refractivity contribution in [2.24, 2.45) is 0 Å². The molecular formula is C13H21N3. The number of pyridine rings is 1. The summed E-state index contributed by atoms with van der Waals surface area (Å²) >= 11 is 0. The van der Waals surface area contributed by atoms with E-state index in [0.29, 0.717) is 6.04 Å². The molecule has 88 valence electrons. The monoisotopic (exact) mass is 219 g/mol. The Morgan fingerprint density at radius 2 is 2.38 bits per heavy atom. The zero-order valence-corrected chi connectivity index (χ0v) is 10.2. The molecule has 1 fully saturated rings. The van der Waals surface area contributed by atoms with Crippen LogP contribution in [0.5, 0.6) is 0 Å².